The quantitative estimate of drug-likeness (QED) is 0.810. The van der Waals surface area contributed by atoms with E-state index in [2.05, 4.69) is 11.8 Å². The molecule has 0 unspecified atom stereocenters. The normalized spacial score (nSPS) is 20.3. The maximum Gasteiger partial charge on any atom is 0.265 e. The highest BCUT2D eigenvalue weighted by atomic mass is 32.1. The zero-order valence-electron chi connectivity index (χ0n) is 12.2. The van der Waals surface area contributed by atoms with Gasteiger partial charge in [0.2, 0.25) is 0 Å². The minimum atomic E-state index is -0.171. The van der Waals surface area contributed by atoms with Crippen molar-refractivity contribution in [1.82, 2.24) is 4.90 Å². The molecule has 2 fully saturated rings. The van der Waals surface area contributed by atoms with Crippen LogP contribution in [0.15, 0.2) is 11.4 Å². The van der Waals surface area contributed by atoms with Crippen LogP contribution >= 0.6 is 11.3 Å². The van der Waals surface area contributed by atoms with Gasteiger partial charge in [0.05, 0.1) is 0 Å². The number of thiophene rings is 1. The number of likely N-dealkylation sites (tertiary alicyclic amines) is 1. The minimum Gasteiger partial charge on any atom is -0.384 e. The summed E-state index contributed by atoms with van der Waals surface area (Å²) in [5.74, 6) is 5.62. The first-order valence-corrected chi connectivity index (χ1v) is 8.59. The predicted molar refractivity (Wildman–Crippen MR) is 84.3 cm³/mol. The number of hydrogen-bond donors (Lipinski definition) is 1. The average molecular weight is 303 g/mol. The number of carbonyl (C=O) groups excluding carboxylic acids is 1. The van der Waals surface area contributed by atoms with E-state index in [-0.39, 0.29) is 12.5 Å². The molecule has 0 radical (unpaired) electrons. The lowest BCUT2D eigenvalue weighted by Gasteiger charge is -2.39. The van der Waals surface area contributed by atoms with Gasteiger partial charge >= 0.3 is 0 Å². The fraction of sp³-hybridized carbons (Fsp3) is 0.588. The van der Waals surface area contributed by atoms with Crippen LogP contribution in [0, 0.1) is 17.3 Å². The highest BCUT2D eigenvalue weighted by Crippen LogP contribution is 2.46. The molecule has 3 rings (SSSR count). The van der Waals surface area contributed by atoms with Crippen LogP contribution in [0.4, 0.5) is 0 Å². The summed E-state index contributed by atoms with van der Waals surface area (Å²) in [7, 11) is 0. The van der Waals surface area contributed by atoms with Gasteiger partial charge in [0.15, 0.2) is 0 Å². The van der Waals surface area contributed by atoms with Crippen molar-refractivity contribution in [1.29, 1.82) is 0 Å². The second-order valence-electron chi connectivity index (χ2n) is 6.12. The molecule has 1 saturated carbocycles. The molecular weight excluding hydrogens is 282 g/mol. The number of amides is 1. The Morgan fingerprint density at radius 3 is 2.67 bits per heavy atom. The van der Waals surface area contributed by atoms with Crippen molar-refractivity contribution in [3.63, 3.8) is 0 Å². The van der Waals surface area contributed by atoms with Crippen molar-refractivity contribution in [2.45, 2.75) is 38.5 Å². The van der Waals surface area contributed by atoms with Gasteiger partial charge in [-0.15, -0.1) is 11.3 Å². The van der Waals surface area contributed by atoms with Crippen LogP contribution in [0.2, 0.25) is 0 Å². The Kier molecular flexibility index (Phi) is 4.32. The van der Waals surface area contributed by atoms with Crippen molar-refractivity contribution >= 4 is 17.2 Å². The van der Waals surface area contributed by atoms with E-state index in [1.54, 1.807) is 0 Å². The second-order valence-corrected chi connectivity index (χ2v) is 7.04. The van der Waals surface area contributed by atoms with Crippen LogP contribution in [0.5, 0.6) is 0 Å². The van der Waals surface area contributed by atoms with Gasteiger partial charge in [-0.3, -0.25) is 4.79 Å². The van der Waals surface area contributed by atoms with Gasteiger partial charge in [-0.25, -0.2) is 0 Å². The number of nitrogens with zero attached hydrogens (tertiary/aromatic N) is 1. The molecule has 112 valence electrons. The molecule has 2 heterocycles. The third kappa shape index (κ3) is 3.00. The molecule has 1 amide bonds. The Hall–Kier alpha value is -1.31. The number of rotatable bonds is 1. The smallest absolute Gasteiger partial charge is 0.265 e. The van der Waals surface area contributed by atoms with Crippen LogP contribution < -0.4 is 0 Å². The average Bonchev–Trinajstić information content (AvgIpc) is 3.15. The van der Waals surface area contributed by atoms with E-state index >= 15 is 0 Å². The standard InChI is InChI=1S/C17H21NO2S/c19-12-3-4-14-5-13-21-15(14)16(20)18-10-8-17(9-11-18)6-1-2-7-17/h5,13,19H,1-2,6-12H2. The number of aliphatic hydroxyl groups is 1. The monoisotopic (exact) mass is 303 g/mol. The van der Waals surface area contributed by atoms with E-state index in [0.29, 0.717) is 5.41 Å². The molecule has 1 aromatic rings. The molecule has 1 aliphatic heterocycles. The molecule has 4 heteroatoms. The number of piperidine rings is 1. The molecule has 3 nitrogen and oxygen atoms in total. The van der Waals surface area contributed by atoms with Gasteiger partial charge in [0.25, 0.3) is 5.91 Å². The van der Waals surface area contributed by atoms with Gasteiger partial charge in [0, 0.05) is 18.7 Å². The molecular formula is C17H21NO2S. The van der Waals surface area contributed by atoms with Crippen LogP contribution in [0.3, 0.4) is 0 Å². The Morgan fingerprint density at radius 1 is 1.29 bits per heavy atom. The van der Waals surface area contributed by atoms with Gasteiger partial charge < -0.3 is 10.0 Å². The van der Waals surface area contributed by atoms with E-state index in [9.17, 15) is 4.79 Å². The molecule has 2 aliphatic rings. The lowest BCUT2D eigenvalue weighted by Crippen LogP contribution is -2.42. The summed E-state index contributed by atoms with van der Waals surface area (Å²) in [6, 6.07) is 1.86. The number of aliphatic hydroxyl groups excluding tert-OH is 1. The second kappa shape index (κ2) is 6.21. The van der Waals surface area contributed by atoms with E-state index < -0.39 is 0 Å². The fourth-order valence-electron chi connectivity index (χ4n) is 3.66. The van der Waals surface area contributed by atoms with E-state index in [1.165, 1.54) is 37.0 Å². The Bertz CT molecular complexity index is 565. The first-order valence-electron chi connectivity index (χ1n) is 7.71. The highest BCUT2D eigenvalue weighted by Gasteiger charge is 2.38. The van der Waals surface area contributed by atoms with Gasteiger partial charge in [-0.2, -0.15) is 0 Å². The lowest BCUT2D eigenvalue weighted by atomic mass is 9.77. The predicted octanol–water partition coefficient (Wildman–Crippen LogP) is 2.89. The third-order valence-corrected chi connectivity index (χ3v) is 5.84. The molecule has 0 aromatic carbocycles. The van der Waals surface area contributed by atoms with E-state index in [1.807, 2.05) is 16.3 Å². The van der Waals surface area contributed by atoms with Crippen LogP contribution in [0.25, 0.3) is 0 Å². The van der Waals surface area contributed by atoms with Crippen LogP contribution in [0.1, 0.15) is 53.8 Å². The minimum absolute atomic E-state index is 0.111. The molecule has 0 bridgehead atoms. The fourth-order valence-corrected chi connectivity index (χ4v) is 4.48. The molecule has 1 aliphatic carbocycles. The zero-order chi connectivity index (χ0) is 14.7. The Morgan fingerprint density at radius 2 is 2.00 bits per heavy atom. The SMILES string of the molecule is O=C(c1sccc1C#CCO)N1CCC2(CCCC2)CC1. The van der Waals surface area contributed by atoms with Gasteiger partial charge in [-0.05, 0) is 42.5 Å². The van der Waals surface area contributed by atoms with Crippen LogP contribution in [-0.4, -0.2) is 35.6 Å². The third-order valence-electron chi connectivity index (χ3n) is 4.94. The van der Waals surface area contributed by atoms with Crippen molar-refractivity contribution in [3.8, 4) is 11.8 Å². The van der Waals surface area contributed by atoms with Gasteiger partial charge in [0.1, 0.15) is 11.5 Å². The summed E-state index contributed by atoms with van der Waals surface area (Å²) in [4.78, 5) is 15.4. The topological polar surface area (TPSA) is 40.5 Å². The van der Waals surface area contributed by atoms with Crippen molar-refractivity contribution in [2.75, 3.05) is 19.7 Å². The molecule has 1 spiro atoms. The summed E-state index contributed by atoms with van der Waals surface area (Å²) in [5.41, 5.74) is 1.28. The maximum atomic E-state index is 12.7. The molecule has 1 saturated heterocycles. The molecule has 1 N–H and O–H groups in total. The number of hydrogen-bond acceptors (Lipinski definition) is 3. The van der Waals surface area contributed by atoms with Crippen molar-refractivity contribution in [2.24, 2.45) is 5.41 Å². The summed E-state index contributed by atoms with van der Waals surface area (Å²) in [6.07, 6.45) is 7.73. The first kappa shape index (κ1) is 14.6. The zero-order valence-corrected chi connectivity index (χ0v) is 13.0. The molecule has 0 atom stereocenters. The summed E-state index contributed by atoms with van der Waals surface area (Å²) >= 11 is 1.45. The maximum absolute atomic E-state index is 12.7. The summed E-state index contributed by atoms with van der Waals surface area (Å²) in [5, 5.41) is 10.7. The van der Waals surface area contributed by atoms with Crippen molar-refractivity contribution in [3.05, 3.63) is 21.9 Å². The molecule has 1 aromatic heterocycles. The lowest BCUT2D eigenvalue weighted by molar-refractivity contribution is 0.0592. The largest absolute Gasteiger partial charge is 0.384 e. The Labute approximate surface area is 130 Å². The van der Waals surface area contributed by atoms with E-state index in [4.69, 9.17) is 5.11 Å². The number of carbonyl (C=O) groups is 1. The highest BCUT2D eigenvalue weighted by molar-refractivity contribution is 7.12. The first-order chi connectivity index (χ1) is 10.2. The van der Waals surface area contributed by atoms with Crippen LogP contribution in [-0.2, 0) is 0 Å². The van der Waals surface area contributed by atoms with Crippen molar-refractivity contribution < 1.29 is 9.90 Å². The Balaban J connectivity index is 1.68. The summed E-state index contributed by atoms with van der Waals surface area (Å²) < 4.78 is 0. The van der Waals surface area contributed by atoms with E-state index in [0.717, 1.165) is 36.4 Å². The van der Waals surface area contributed by atoms with Gasteiger partial charge in [-0.1, -0.05) is 24.7 Å². The molecule has 21 heavy (non-hydrogen) atoms. The summed E-state index contributed by atoms with van der Waals surface area (Å²) in [6.45, 7) is 1.59.